The third-order valence-electron chi connectivity index (χ3n) is 1.82. The lowest BCUT2D eigenvalue weighted by molar-refractivity contribution is -0.813. The summed E-state index contributed by atoms with van der Waals surface area (Å²) >= 11 is 0. The van der Waals surface area contributed by atoms with Gasteiger partial charge in [-0.2, -0.15) is 0 Å². The molecule has 0 bridgehead atoms. The molecular formula is C5H9N3O6. The first-order valence-electron chi connectivity index (χ1n) is 3.96. The van der Waals surface area contributed by atoms with Crippen LogP contribution in [0.15, 0.2) is 0 Å². The Balaban J connectivity index is 2.24. The third kappa shape index (κ3) is 3.39. The molecule has 0 aliphatic carbocycles. The minimum absolute atomic E-state index is 0.249. The van der Waals surface area contributed by atoms with Crippen LogP contribution < -0.4 is 0 Å². The predicted molar refractivity (Wildman–Crippen MR) is 40.8 cm³/mol. The molecule has 1 heterocycles. The van der Waals surface area contributed by atoms with Gasteiger partial charge in [0.2, 0.25) is 0 Å². The molecule has 0 saturated carbocycles. The summed E-state index contributed by atoms with van der Waals surface area (Å²) in [7, 11) is 0. The lowest BCUT2D eigenvalue weighted by Gasteiger charge is -2.27. The van der Waals surface area contributed by atoms with Crippen molar-refractivity contribution in [3.05, 3.63) is 20.2 Å². The van der Waals surface area contributed by atoms with Crippen molar-refractivity contribution in [2.45, 2.75) is 18.9 Å². The van der Waals surface area contributed by atoms with E-state index in [1.807, 2.05) is 0 Å². The highest BCUT2D eigenvalue weighted by Crippen LogP contribution is 2.13. The molecule has 9 nitrogen and oxygen atoms in total. The summed E-state index contributed by atoms with van der Waals surface area (Å²) < 4.78 is 0. The van der Waals surface area contributed by atoms with Gasteiger partial charge in [-0.3, -0.25) is 0 Å². The Hall–Kier alpha value is -1.64. The molecule has 0 unspecified atom stereocenters. The SMILES string of the molecule is O=[N+]([O-])OC1CCN(O[N+](=O)[O-])CC1. The Kier molecular flexibility index (Phi) is 3.40. The van der Waals surface area contributed by atoms with Gasteiger partial charge in [-0.1, -0.05) is 0 Å². The fourth-order valence-corrected chi connectivity index (χ4v) is 1.24. The molecule has 0 N–H and O–H groups in total. The molecule has 0 spiro atoms. The van der Waals surface area contributed by atoms with E-state index in [2.05, 4.69) is 9.78 Å². The van der Waals surface area contributed by atoms with Crippen LogP contribution in [0.5, 0.6) is 0 Å². The fraction of sp³-hybridized carbons (Fsp3) is 1.00. The smallest absolute Gasteiger partial charge is 0.310 e. The van der Waals surface area contributed by atoms with E-state index in [0.717, 1.165) is 5.06 Å². The highest BCUT2D eigenvalue weighted by Gasteiger charge is 2.23. The number of piperidine rings is 1. The molecule has 1 fully saturated rings. The van der Waals surface area contributed by atoms with Crippen molar-refractivity contribution in [2.75, 3.05) is 13.1 Å². The summed E-state index contributed by atoms with van der Waals surface area (Å²) in [6.07, 6.45) is 0.195. The van der Waals surface area contributed by atoms with Gasteiger partial charge in [0.25, 0.3) is 5.09 Å². The van der Waals surface area contributed by atoms with E-state index >= 15 is 0 Å². The molecule has 0 amide bonds. The summed E-state index contributed by atoms with van der Waals surface area (Å²) in [6.45, 7) is 0.499. The molecule has 0 aromatic heterocycles. The number of hydrogen-bond acceptors (Lipinski definition) is 7. The van der Waals surface area contributed by atoms with Crippen molar-refractivity contribution in [3.63, 3.8) is 0 Å². The van der Waals surface area contributed by atoms with Crippen LogP contribution in [-0.4, -0.2) is 34.4 Å². The number of hydrogen-bond donors (Lipinski definition) is 0. The standard InChI is InChI=1S/C5H9N3O6/c9-7(10)13-5-1-3-6(4-2-5)14-8(11)12/h5H,1-4H2. The van der Waals surface area contributed by atoms with Crippen molar-refractivity contribution in [1.82, 2.24) is 5.06 Å². The Labute approximate surface area is 78.3 Å². The van der Waals surface area contributed by atoms with Gasteiger partial charge in [-0.05, 0) is 12.8 Å². The van der Waals surface area contributed by atoms with Crippen LogP contribution in [0.2, 0.25) is 0 Å². The second-order valence-corrected chi connectivity index (χ2v) is 2.76. The molecule has 0 aromatic carbocycles. The first-order valence-corrected chi connectivity index (χ1v) is 3.96. The average molecular weight is 207 g/mol. The molecule has 80 valence electrons. The molecule has 9 heteroatoms. The monoisotopic (exact) mass is 207 g/mol. The van der Waals surface area contributed by atoms with E-state index in [0.29, 0.717) is 12.8 Å². The molecule has 14 heavy (non-hydrogen) atoms. The van der Waals surface area contributed by atoms with Crippen LogP contribution in [0.3, 0.4) is 0 Å². The zero-order valence-corrected chi connectivity index (χ0v) is 7.20. The Bertz CT molecular complexity index is 202. The maximum absolute atomic E-state index is 9.96. The van der Waals surface area contributed by atoms with Crippen LogP contribution in [0.4, 0.5) is 0 Å². The second-order valence-electron chi connectivity index (χ2n) is 2.76. The summed E-state index contributed by atoms with van der Waals surface area (Å²) in [6, 6.07) is 0. The summed E-state index contributed by atoms with van der Waals surface area (Å²) in [4.78, 5) is 28.4. The van der Waals surface area contributed by atoms with Gasteiger partial charge in [0.15, 0.2) is 0 Å². The first-order chi connectivity index (χ1) is 6.58. The minimum atomic E-state index is -0.908. The van der Waals surface area contributed by atoms with Gasteiger partial charge in [-0.25, -0.2) is 4.94 Å². The normalized spacial score (nSPS) is 18.9. The largest absolute Gasteiger partial charge is 0.312 e. The number of hydroxylamine groups is 2. The minimum Gasteiger partial charge on any atom is -0.310 e. The average Bonchev–Trinajstić information content (AvgIpc) is 2.06. The fourth-order valence-electron chi connectivity index (χ4n) is 1.24. The van der Waals surface area contributed by atoms with Gasteiger partial charge in [0.05, 0.1) is 0 Å². The summed E-state index contributed by atoms with van der Waals surface area (Å²) in [5.41, 5.74) is 0. The van der Waals surface area contributed by atoms with Crippen molar-refractivity contribution in [2.24, 2.45) is 0 Å². The van der Waals surface area contributed by atoms with Gasteiger partial charge >= 0.3 is 5.09 Å². The second kappa shape index (κ2) is 4.56. The molecule has 1 aliphatic rings. The van der Waals surface area contributed by atoms with E-state index in [-0.39, 0.29) is 13.1 Å². The maximum Gasteiger partial charge on any atom is 0.312 e. The van der Waals surface area contributed by atoms with Crippen molar-refractivity contribution in [3.8, 4) is 0 Å². The Morgan fingerprint density at radius 1 is 1.14 bits per heavy atom. The van der Waals surface area contributed by atoms with Gasteiger partial charge < -0.3 is 4.84 Å². The molecule has 0 aromatic rings. The topological polar surface area (TPSA) is 108 Å². The maximum atomic E-state index is 9.96. The van der Waals surface area contributed by atoms with Crippen molar-refractivity contribution in [1.29, 1.82) is 0 Å². The van der Waals surface area contributed by atoms with Crippen LogP contribution in [-0.2, 0) is 9.78 Å². The lowest BCUT2D eigenvalue weighted by Crippen LogP contribution is -2.38. The van der Waals surface area contributed by atoms with Crippen molar-refractivity contribution < 1.29 is 19.9 Å². The number of nitrogens with zero attached hydrogens (tertiary/aromatic N) is 3. The van der Waals surface area contributed by atoms with Gasteiger partial charge in [-0.15, -0.1) is 25.3 Å². The highest BCUT2D eigenvalue weighted by molar-refractivity contribution is 4.66. The van der Waals surface area contributed by atoms with E-state index in [9.17, 15) is 20.2 Å². The van der Waals surface area contributed by atoms with Crippen LogP contribution >= 0.6 is 0 Å². The summed E-state index contributed by atoms with van der Waals surface area (Å²) in [5.74, 6) is 0. The number of rotatable bonds is 4. The van der Waals surface area contributed by atoms with Crippen LogP contribution in [0, 0.1) is 20.2 Å². The molecule has 1 rings (SSSR count). The predicted octanol–water partition coefficient (Wildman–Crippen LogP) is -0.218. The molecular weight excluding hydrogens is 198 g/mol. The first kappa shape index (κ1) is 10.4. The van der Waals surface area contributed by atoms with E-state index in [1.54, 1.807) is 0 Å². The quantitative estimate of drug-likeness (QED) is 0.463. The third-order valence-corrected chi connectivity index (χ3v) is 1.82. The zero-order valence-electron chi connectivity index (χ0n) is 7.20. The van der Waals surface area contributed by atoms with E-state index in [4.69, 9.17) is 0 Å². The molecule has 1 saturated heterocycles. The van der Waals surface area contributed by atoms with Crippen molar-refractivity contribution >= 4 is 0 Å². The lowest BCUT2D eigenvalue weighted by atomic mass is 10.1. The van der Waals surface area contributed by atoms with Gasteiger partial charge in [0.1, 0.15) is 6.10 Å². The highest BCUT2D eigenvalue weighted by atomic mass is 17.0. The summed E-state index contributed by atoms with van der Waals surface area (Å²) in [5, 5.41) is 19.3. The van der Waals surface area contributed by atoms with Crippen LogP contribution in [0.1, 0.15) is 12.8 Å². The zero-order chi connectivity index (χ0) is 10.6. The Morgan fingerprint density at radius 3 is 2.14 bits per heavy atom. The molecule has 0 atom stereocenters. The Morgan fingerprint density at radius 2 is 1.71 bits per heavy atom. The van der Waals surface area contributed by atoms with Gasteiger partial charge in [0, 0.05) is 13.1 Å². The molecule has 1 aliphatic heterocycles. The van der Waals surface area contributed by atoms with E-state index in [1.165, 1.54) is 0 Å². The van der Waals surface area contributed by atoms with E-state index < -0.39 is 16.3 Å². The molecule has 0 radical (unpaired) electrons. The van der Waals surface area contributed by atoms with Crippen LogP contribution in [0.25, 0.3) is 0 Å².